The minimum absolute atomic E-state index is 0.204. The number of furan rings is 1. The summed E-state index contributed by atoms with van der Waals surface area (Å²) in [6.45, 7) is 2.61. The van der Waals surface area contributed by atoms with E-state index in [-0.39, 0.29) is 5.56 Å². The molecule has 1 fully saturated rings. The van der Waals surface area contributed by atoms with E-state index in [1.807, 2.05) is 0 Å². The number of hydrogen-bond donors (Lipinski definition) is 3. The van der Waals surface area contributed by atoms with Gasteiger partial charge in [-0.2, -0.15) is 0 Å². The quantitative estimate of drug-likeness (QED) is 0.722. The Morgan fingerprint density at radius 1 is 1.35 bits per heavy atom. The van der Waals surface area contributed by atoms with Crippen molar-refractivity contribution in [3.63, 3.8) is 0 Å². The Hall–Kier alpha value is -1.33. The van der Waals surface area contributed by atoms with Crippen LogP contribution in [-0.2, 0) is 6.54 Å². The Morgan fingerprint density at radius 3 is 2.55 bits per heavy atom. The number of rotatable bonds is 5. The highest BCUT2D eigenvalue weighted by atomic mass is 16.4. The standard InChI is InChI=1S/C15H23NO4/c1-11-13(14(17)18)8-12(20-11)9-16-10-15(19)6-4-2-3-5-7-15/h8,16,19H,2-7,9-10H2,1H3,(H,17,18). The fourth-order valence-corrected chi connectivity index (χ4v) is 2.82. The van der Waals surface area contributed by atoms with Crippen LogP contribution in [0.1, 0.15) is 60.4 Å². The van der Waals surface area contributed by atoms with Crippen LogP contribution in [0.5, 0.6) is 0 Å². The molecule has 5 nitrogen and oxygen atoms in total. The smallest absolute Gasteiger partial charge is 0.339 e. The van der Waals surface area contributed by atoms with Gasteiger partial charge in [-0.25, -0.2) is 4.79 Å². The molecule has 1 aliphatic rings. The molecular formula is C15H23NO4. The van der Waals surface area contributed by atoms with Crippen molar-refractivity contribution in [1.29, 1.82) is 0 Å². The highest BCUT2D eigenvalue weighted by molar-refractivity contribution is 5.88. The van der Waals surface area contributed by atoms with Crippen molar-refractivity contribution < 1.29 is 19.4 Å². The van der Waals surface area contributed by atoms with Gasteiger partial charge >= 0.3 is 5.97 Å². The molecule has 0 unspecified atom stereocenters. The van der Waals surface area contributed by atoms with Crippen LogP contribution in [0.25, 0.3) is 0 Å². The van der Waals surface area contributed by atoms with Crippen LogP contribution < -0.4 is 5.32 Å². The summed E-state index contributed by atoms with van der Waals surface area (Å²) in [6, 6.07) is 1.54. The molecule has 1 aliphatic carbocycles. The summed E-state index contributed by atoms with van der Waals surface area (Å²) in [5, 5.41) is 22.6. The van der Waals surface area contributed by atoms with E-state index in [0.29, 0.717) is 24.6 Å². The number of carboxylic acids is 1. The molecule has 0 spiro atoms. The topological polar surface area (TPSA) is 82.7 Å². The lowest BCUT2D eigenvalue weighted by molar-refractivity contribution is 0.0247. The van der Waals surface area contributed by atoms with E-state index in [1.165, 1.54) is 12.8 Å². The third kappa shape index (κ3) is 3.84. The van der Waals surface area contributed by atoms with Crippen LogP contribution in [0.2, 0.25) is 0 Å². The Kier molecular flexibility index (Phi) is 4.83. The maximum Gasteiger partial charge on any atom is 0.339 e. The zero-order valence-electron chi connectivity index (χ0n) is 11.9. The Morgan fingerprint density at radius 2 is 2.00 bits per heavy atom. The number of aliphatic hydroxyl groups is 1. The number of carbonyl (C=O) groups is 1. The Bertz CT molecular complexity index is 458. The number of carboxylic acid groups (broad SMARTS) is 1. The second-order valence-corrected chi connectivity index (χ2v) is 5.73. The minimum Gasteiger partial charge on any atom is -0.478 e. The molecule has 0 bridgehead atoms. The van der Waals surface area contributed by atoms with Gasteiger partial charge in [0.2, 0.25) is 0 Å². The molecule has 0 saturated heterocycles. The fraction of sp³-hybridized carbons (Fsp3) is 0.667. The highest BCUT2D eigenvalue weighted by Gasteiger charge is 2.27. The normalized spacial score (nSPS) is 18.7. The first kappa shape index (κ1) is 15.1. The monoisotopic (exact) mass is 281 g/mol. The third-order valence-electron chi connectivity index (χ3n) is 3.99. The van der Waals surface area contributed by atoms with Crippen molar-refractivity contribution >= 4 is 5.97 Å². The largest absolute Gasteiger partial charge is 0.478 e. The summed E-state index contributed by atoms with van der Waals surface area (Å²) in [4.78, 5) is 10.9. The summed E-state index contributed by atoms with van der Waals surface area (Å²) < 4.78 is 5.40. The molecule has 0 atom stereocenters. The van der Waals surface area contributed by atoms with Gasteiger partial charge in [0.05, 0.1) is 12.1 Å². The lowest BCUT2D eigenvalue weighted by Gasteiger charge is -2.26. The maximum atomic E-state index is 10.9. The second-order valence-electron chi connectivity index (χ2n) is 5.73. The predicted octanol–water partition coefficient (Wildman–Crippen LogP) is 2.46. The SMILES string of the molecule is Cc1oc(CNCC2(O)CCCCCC2)cc1C(=O)O. The highest BCUT2D eigenvalue weighted by Crippen LogP contribution is 2.26. The molecule has 5 heteroatoms. The first-order valence-corrected chi connectivity index (χ1v) is 7.26. The third-order valence-corrected chi connectivity index (χ3v) is 3.99. The molecular weight excluding hydrogens is 258 g/mol. The maximum absolute atomic E-state index is 10.9. The average molecular weight is 281 g/mol. The molecule has 1 aromatic rings. The van der Waals surface area contributed by atoms with Gasteiger partial charge in [-0.1, -0.05) is 25.7 Å². The van der Waals surface area contributed by atoms with Crippen LogP contribution in [-0.4, -0.2) is 28.3 Å². The van der Waals surface area contributed by atoms with E-state index in [9.17, 15) is 9.90 Å². The van der Waals surface area contributed by atoms with Crippen LogP contribution in [0.4, 0.5) is 0 Å². The molecule has 1 aromatic heterocycles. The first-order chi connectivity index (χ1) is 9.50. The minimum atomic E-state index is -0.972. The van der Waals surface area contributed by atoms with Crippen molar-refractivity contribution in [2.24, 2.45) is 0 Å². The second kappa shape index (κ2) is 6.41. The summed E-state index contributed by atoms with van der Waals surface area (Å²) in [6.07, 6.45) is 6.20. The van der Waals surface area contributed by atoms with Gasteiger partial charge in [0.1, 0.15) is 17.1 Å². The van der Waals surface area contributed by atoms with Gasteiger partial charge in [-0.3, -0.25) is 0 Å². The number of hydrogen-bond acceptors (Lipinski definition) is 4. The lowest BCUT2D eigenvalue weighted by atomic mass is 9.94. The molecule has 2 rings (SSSR count). The molecule has 1 heterocycles. The van der Waals surface area contributed by atoms with E-state index in [1.54, 1.807) is 13.0 Å². The van der Waals surface area contributed by atoms with Gasteiger partial charge in [0.15, 0.2) is 0 Å². The first-order valence-electron chi connectivity index (χ1n) is 7.26. The molecule has 0 aromatic carbocycles. The van der Waals surface area contributed by atoms with Crippen molar-refractivity contribution in [3.05, 3.63) is 23.2 Å². The zero-order valence-corrected chi connectivity index (χ0v) is 11.9. The van der Waals surface area contributed by atoms with Crippen molar-refractivity contribution in [1.82, 2.24) is 5.32 Å². The van der Waals surface area contributed by atoms with Crippen LogP contribution in [0.3, 0.4) is 0 Å². The van der Waals surface area contributed by atoms with E-state index < -0.39 is 11.6 Å². The lowest BCUT2D eigenvalue weighted by Crippen LogP contribution is -2.39. The summed E-state index contributed by atoms with van der Waals surface area (Å²) in [5.41, 5.74) is -0.428. The average Bonchev–Trinajstić information content (AvgIpc) is 2.61. The predicted molar refractivity (Wildman–Crippen MR) is 74.8 cm³/mol. The Balaban J connectivity index is 1.86. The summed E-state index contributed by atoms with van der Waals surface area (Å²) in [5.74, 6) is 0.0412. The number of nitrogens with one attached hydrogen (secondary N) is 1. The van der Waals surface area contributed by atoms with Gasteiger partial charge in [0.25, 0.3) is 0 Å². The summed E-state index contributed by atoms with van der Waals surface area (Å²) in [7, 11) is 0. The van der Waals surface area contributed by atoms with Crippen LogP contribution in [0, 0.1) is 6.92 Å². The molecule has 3 N–H and O–H groups in total. The number of aromatic carboxylic acids is 1. The van der Waals surface area contributed by atoms with Gasteiger partial charge in [0, 0.05) is 6.54 Å². The van der Waals surface area contributed by atoms with Crippen molar-refractivity contribution in [3.8, 4) is 0 Å². The van der Waals surface area contributed by atoms with Gasteiger partial charge < -0.3 is 19.9 Å². The van der Waals surface area contributed by atoms with E-state index >= 15 is 0 Å². The van der Waals surface area contributed by atoms with Crippen molar-refractivity contribution in [2.45, 2.75) is 57.6 Å². The van der Waals surface area contributed by atoms with Gasteiger partial charge in [-0.05, 0) is 25.8 Å². The van der Waals surface area contributed by atoms with E-state index in [0.717, 1.165) is 25.7 Å². The van der Waals surface area contributed by atoms with Crippen molar-refractivity contribution in [2.75, 3.05) is 6.54 Å². The molecule has 1 saturated carbocycles. The van der Waals surface area contributed by atoms with E-state index in [4.69, 9.17) is 9.52 Å². The fourth-order valence-electron chi connectivity index (χ4n) is 2.82. The summed E-state index contributed by atoms with van der Waals surface area (Å²) >= 11 is 0. The van der Waals surface area contributed by atoms with Crippen LogP contribution >= 0.6 is 0 Å². The molecule has 20 heavy (non-hydrogen) atoms. The van der Waals surface area contributed by atoms with Gasteiger partial charge in [-0.15, -0.1) is 0 Å². The molecule has 112 valence electrons. The Labute approximate surface area is 119 Å². The molecule has 0 radical (unpaired) electrons. The molecule has 0 aliphatic heterocycles. The van der Waals surface area contributed by atoms with Crippen LogP contribution in [0.15, 0.2) is 10.5 Å². The molecule has 0 amide bonds. The number of aryl methyl sites for hydroxylation is 1. The zero-order chi connectivity index (χ0) is 14.6. The van der Waals surface area contributed by atoms with E-state index in [2.05, 4.69) is 5.32 Å².